The van der Waals surface area contributed by atoms with E-state index in [0.717, 1.165) is 6.61 Å². The Labute approximate surface area is 632 Å². The van der Waals surface area contributed by atoms with E-state index < -0.39 is 8.32 Å². The predicted molar refractivity (Wildman–Crippen MR) is 467 cm³/mol. The molecule has 0 aliphatic rings. The summed E-state index contributed by atoms with van der Waals surface area (Å²) in [6, 6.07) is 15.8. The van der Waals surface area contributed by atoms with Gasteiger partial charge in [-0.2, -0.15) is 0 Å². The molecule has 0 spiro atoms. The molecule has 0 fully saturated rings. The fourth-order valence-electron chi connectivity index (χ4n) is 18.7. The van der Waals surface area contributed by atoms with E-state index in [-0.39, 0.29) is 0 Å². The number of fused-ring (bicyclic) bond motifs is 19. The molecular weight excluding hydrogens is 1340 g/mol. The zero-order valence-corrected chi connectivity index (χ0v) is 70.9. The third kappa shape index (κ3) is 17.2. The van der Waals surface area contributed by atoms with Crippen LogP contribution in [-0.2, 0) is 49.6 Å². The van der Waals surface area contributed by atoms with Crippen LogP contribution in [0.5, 0.6) is 0 Å². The van der Waals surface area contributed by atoms with E-state index in [4.69, 9.17) is 4.43 Å². The van der Waals surface area contributed by atoms with Crippen LogP contribution in [-0.4, -0.2) is 8.32 Å². The third-order valence-electron chi connectivity index (χ3n) is 23.8. The molecule has 6 aromatic heterocycles. The first-order valence-corrected chi connectivity index (χ1v) is 49.1. The number of hydrogen-bond donors (Lipinski definition) is 0. The Balaban J connectivity index is 1.24. The number of hydrogen-bond acceptors (Lipinski definition) is 7. The molecule has 0 aliphatic heterocycles. The number of benzene rings is 5. The van der Waals surface area contributed by atoms with Gasteiger partial charge in [-0.25, -0.2) is 0 Å². The van der Waals surface area contributed by atoms with Crippen LogP contribution in [0.25, 0.3) is 101 Å². The summed E-state index contributed by atoms with van der Waals surface area (Å²) in [5.74, 6) is 0. The first-order valence-electron chi connectivity index (χ1n) is 42.0. The van der Waals surface area contributed by atoms with Gasteiger partial charge in [0, 0.05) is 106 Å². The molecule has 5 aromatic carbocycles. The van der Waals surface area contributed by atoms with Gasteiger partial charge < -0.3 is 4.43 Å². The molecule has 11 rings (SSSR count). The lowest BCUT2D eigenvalue weighted by Gasteiger charge is -2.42. The van der Waals surface area contributed by atoms with E-state index >= 15 is 0 Å². The summed E-state index contributed by atoms with van der Waals surface area (Å²) in [7, 11) is -2.14. The van der Waals surface area contributed by atoms with Gasteiger partial charge in [0.2, 0.25) is 8.32 Å². The summed E-state index contributed by atoms with van der Waals surface area (Å²) in [4.78, 5) is 1.45. The Hall–Kier alpha value is -2.92. The van der Waals surface area contributed by atoms with Crippen molar-refractivity contribution >= 4 is 177 Å². The van der Waals surface area contributed by atoms with Gasteiger partial charge in [-0.1, -0.05) is 276 Å². The average Bonchev–Trinajstić information content (AvgIpc) is 1.52. The standard InChI is InChI=1S/C92H132OS6Si/c1-13-19-25-31-37-43-49-67-69(51-45-39-33-27-21-15-3)89-79(73-59-60-94-87(67)73)81-75(96-89)55-57-77-83(81)85-86-84-78(99-92(86)72(54-48-42-36-30-24-18-6)71(91(85)98-77)53-47-41-35-29-23-17-5)58-56-76-82(84)80-74-61-66(62-93-100(63(7)8,64(9)10)65(11)12)95-88(74)68(50-44-38-32-26-20-14-2)70(90(80)97-76)52-46-40-34-28-22-16-4/h55-61,63-65H,13-54,62H2,1-12H3. The van der Waals surface area contributed by atoms with E-state index in [0.29, 0.717) is 16.6 Å². The first kappa shape index (κ1) is 78.2. The predicted octanol–water partition coefficient (Wildman–Crippen LogP) is 34.7. The molecule has 0 amide bonds. The molecule has 11 aromatic rings. The van der Waals surface area contributed by atoms with Crippen molar-refractivity contribution in [2.24, 2.45) is 0 Å². The van der Waals surface area contributed by atoms with Gasteiger partial charge in [-0.05, 0) is 169 Å². The molecule has 8 heteroatoms. The van der Waals surface area contributed by atoms with E-state index in [1.54, 1.807) is 110 Å². The average molecular weight is 1470 g/mol. The molecule has 1 nitrogen and oxygen atoms in total. The fourth-order valence-corrected chi connectivity index (χ4v) is 31.6. The molecule has 0 N–H and O–H groups in total. The SMILES string of the molecule is CCCCCCCCc1c(CCCCCCCC)c2sc3ccc4sc5c(CCCCCCCC)c(CCCCCCCC)c6sc7ccc8sc9c(CCCCCCCC)c(CCCCCCCC)c%10sc(CO[Si](C(C)C)(C(C)C)C(C)C)cc%10c9c8c7c6c5c4c3c2c2ccsc12. The van der Waals surface area contributed by atoms with Crippen LogP contribution in [0.2, 0.25) is 16.6 Å². The van der Waals surface area contributed by atoms with Crippen LogP contribution in [0.1, 0.15) is 352 Å². The van der Waals surface area contributed by atoms with Gasteiger partial charge in [-0.15, -0.1) is 68.0 Å². The maximum Gasteiger partial charge on any atom is 0.200 e. The summed E-state index contributed by atoms with van der Waals surface area (Å²) in [5, 5.41) is 18.3. The topological polar surface area (TPSA) is 9.23 Å². The number of aryl methyl sites for hydroxylation is 6. The van der Waals surface area contributed by atoms with Gasteiger partial charge in [0.1, 0.15) is 0 Å². The number of rotatable bonds is 48. The van der Waals surface area contributed by atoms with E-state index in [1.165, 1.54) is 299 Å². The lowest BCUT2D eigenvalue weighted by atomic mass is 9.89. The van der Waals surface area contributed by atoms with Crippen molar-refractivity contribution in [3.05, 3.63) is 80.0 Å². The van der Waals surface area contributed by atoms with Crippen molar-refractivity contribution < 1.29 is 4.43 Å². The monoisotopic (exact) mass is 1470 g/mol. The number of unbranched alkanes of at least 4 members (excludes halogenated alkanes) is 30. The summed E-state index contributed by atoms with van der Waals surface area (Å²) in [6.45, 7) is 29.8. The Morgan fingerprint density at radius 3 is 0.870 bits per heavy atom. The molecule has 0 unspecified atom stereocenters. The lowest BCUT2D eigenvalue weighted by molar-refractivity contribution is 0.269. The van der Waals surface area contributed by atoms with Crippen molar-refractivity contribution in [2.45, 2.75) is 376 Å². The van der Waals surface area contributed by atoms with E-state index in [2.05, 4.69) is 193 Å². The number of thiophene rings is 6. The Kier molecular flexibility index (Phi) is 30.1. The van der Waals surface area contributed by atoms with E-state index in [9.17, 15) is 0 Å². The van der Waals surface area contributed by atoms with Gasteiger partial charge >= 0.3 is 0 Å². The minimum atomic E-state index is -2.14. The van der Waals surface area contributed by atoms with Crippen LogP contribution in [0, 0.1) is 0 Å². The smallest absolute Gasteiger partial charge is 0.200 e. The molecule has 0 bridgehead atoms. The van der Waals surface area contributed by atoms with Gasteiger partial charge in [0.15, 0.2) is 0 Å². The van der Waals surface area contributed by atoms with Crippen molar-refractivity contribution in [3.8, 4) is 0 Å². The van der Waals surface area contributed by atoms with Crippen molar-refractivity contribution in [1.82, 2.24) is 0 Å². The van der Waals surface area contributed by atoms with Crippen LogP contribution in [0.15, 0.2) is 41.8 Å². The van der Waals surface area contributed by atoms with Gasteiger partial charge in [0.25, 0.3) is 0 Å². The van der Waals surface area contributed by atoms with Crippen molar-refractivity contribution in [3.63, 3.8) is 0 Å². The van der Waals surface area contributed by atoms with Crippen LogP contribution >= 0.6 is 68.0 Å². The zero-order valence-electron chi connectivity index (χ0n) is 65.0. The molecule has 0 atom stereocenters. The Morgan fingerprint density at radius 2 is 0.550 bits per heavy atom. The summed E-state index contributed by atoms with van der Waals surface area (Å²) >= 11 is 13.0. The summed E-state index contributed by atoms with van der Waals surface area (Å²) in [5.41, 5.74) is 11.9. The molecule has 0 saturated heterocycles. The highest BCUT2D eigenvalue weighted by Gasteiger charge is 2.45. The Bertz CT molecular complexity index is 4350. The molecule has 6 heterocycles. The quantitative estimate of drug-likeness (QED) is 0.0273. The fraction of sp³-hybridized carbons (Fsp3) is 0.630. The summed E-state index contributed by atoms with van der Waals surface area (Å²) < 4.78 is 23.4. The molecule has 546 valence electrons. The Morgan fingerprint density at radius 1 is 0.280 bits per heavy atom. The molecule has 100 heavy (non-hydrogen) atoms. The maximum atomic E-state index is 7.68. The second-order valence-corrected chi connectivity index (χ2v) is 43.8. The highest BCUT2D eigenvalue weighted by Crippen LogP contribution is 2.58. The molecule has 0 aliphatic carbocycles. The largest absolute Gasteiger partial charge is 0.411 e. The zero-order chi connectivity index (χ0) is 70.1. The van der Waals surface area contributed by atoms with E-state index in [1.807, 2.05) is 0 Å². The second kappa shape index (κ2) is 38.6. The van der Waals surface area contributed by atoms with Gasteiger partial charge in [0.05, 0.1) is 6.61 Å². The summed E-state index contributed by atoms with van der Waals surface area (Å²) in [6.07, 6.45) is 55.2. The molecule has 0 radical (unpaired) electrons. The third-order valence-corrected chi connectivity index (χ3v) is 36.9. The van der Waals surface area contributed by atoms with Crippen LogP contribution < -0.4 is 0 Å². The maximum absolute atomic E-state index is 7.68. The second-order valence-electron chi connectivity index (χ2n) is 32.1. The van der Waals surface area contributed by atoms with Crippen LogP contribution in [0.4, 0.5) is 0 Å². The minimum absolute atomic E-state index is 0.549. The molecule has 0 saturated carbocycles. The van der Waals surface area contributed by atoms with Crippen molar-refractivity contribution in [1.29, 1.82) is 0 Å². The van der Waals surface area contributed by atoms with Crippen LogP contribution in [0.3, 0.4) is 0 Å². The van der Waals surface area contributed by atoms with Crippen molar-refractivity contribution in [2.75, 3.05) is 0 Å². The minimum Gasteiger partial charge on any atom is -0.411 e. The first-order chi connectivity index (χ1) is 49.0. The molecular formula is C92H132OS6Si. The lowest BCUT2D eigenvalue weighted by Crippen LogP contribution is -2.47. The highest BCUT2D eigenvalue weighted by molar-refractivity contribution is 7.30. The van der Waals surface area contributed by atoms with Gasteiger partial charge in [-0.3, -0.25) is 0 Å². The normalized spacial score (nSPS) is 12.8. The highest BCUT2D eigenvalue weighted by atomic mass is 32.1.